The lowest BCUT2D eigenvalue weighted by Gasteiger charge is -2.29. The minimum Gasteiger partial charge on any atom is -0.489 e. The number of pyridine rings is 1. The summed E-state index contributed by atoms with van der Waals surface area (Å²) in [4.78, 5) is 18.9. The molecular weight excluding hydrogens is 460 g/mol. The van der Waals surface area contributed by atoms with E-state index >= 15 is 0 Å². The van der Waals surface area contributed by atoms with E-state index in [0.29, 0.717) is 35.5 Å². The molecule has 3 heterocycles. The van der Waals surface area contributed by atoms with Crippen molar-refractivity contribution in [3.8, 4) is 17.1 Å². The van der Waals surface area contributed by atoms with Crippen LogP contribution in [0.5, 0.6) is 5.75 Å². The van der Waals surface area contributed by atoms with Crippen LogP contribution in [-0.2, 0) is 18.4 Å². The summed E-state index contributed by atoms with van der Waals surface area (Å²) in [5.41, 5.74) is 3.83. The Morgan fingerprint density at radius 2 is 2.03 bits per heavy atom. The van der Waals surface area contributed by atoms with Gasteiger partial charge in [0.15, 0.2) is 0 Å². The lowest BCUT2D eigenvalue weighted by atomic mass is 9.84. The summed E-state index contributed by atoms with van der Waals surface area (Å²) in [5.74, 6) is 1.73. The molecule has 1 amide bonds. The third-order valence-corrected chi connectivity index (χ3v) is 7.48. The van der Waals surface area contributed by atoms with Crippen molar-refractivity contribution in [3.63, 3.8) is 0 Å². The lowest BCUT2D eigenvalue weighted by Crippen LogP contribution is -2.34. The number of aromatic nitrogens is 4. The number of aryl methyl sites for hydroxylation is 2. The summed E-state index contributed by atoms with van der Waals surface area (Å²) in [6.45, 7) is 3.36. The molecule has 0 radical (unpaired) electrons. The highest BCUT2D eigenvalue weighted by Crippen LogP contribution is 2.32. The maximum atomic E-state index is 12.5. The van der Waals surface area contributed by atoms with Gasteiger partial charge in [-0.1, -0.05) is 11.6 Å². The quantitative estimate of drug-likeness (QED) is 0.539. The van der Waals surface area contributed by atoms with Crippen molar-refractivity contribution < 1.29 is 14.3 Å². The second-order valence-electron chi connectivity index (χ2n) is 10.1. The molecule has 0 unspecified atom stereocenters. The Morgan fingerprint density at radius 1 is 1.19 bits per heavy atom. The normalized spacial score (nSPS) is 21.7. The van der Waals surface area contributed by atoms with Gasteiger partial charge in [-0.25, -0.2) is 14.5 Å². The predicted octanol–water partition coefficient (Wildman–Crippen LogP) is 4.31. The van der Waals surface area contributed by atoms with Crippen LogP contribution in [0.15, 0.2) is 27.6 Å². The van der Waals surface area contributed by atoms with Crippen molar-refractivity contribution in [1.29, 1.82) is 0 Å². The van der Waals surface area contributed by atoms with Crippen LogP contribution in [0.3, 0.4) is 0 Å². The van der Waals surface area contributed by atoms with Crippen molar-refractivity contribution in [2.75, 3.05) is 20.1 Å². The van der Waals surface area contributed by atoms with Gasteiger partial charge in [-0.05, 0) is 68.7 Å². The minimum atomic E-state index is -0.335. The highest BCUT2D eigenvalue weighted by atomic mass is 16.6. The van der Waals surface area contributed by atoms with E-state index in [-0.39, 0.29) is 18.8 Å². The highest BCUT2D eigenvalue weighted by molar-refractivity contribution is 5.89. The molecule has 2 aliphatic carbocycles. The van der Waals surface area contributed by atoms with E-state index in [1.807, 2.05) is 19.1 Å². The van der Waals surface area contributed by atoms with Gasteiger partial charge < -0.3 is 14.4 Å². The van der Waals surface area contributed by atoms with Crippen molar-refractivity contribution in [2.24, 2.45) is 34.3 Å². The van der Waals surface area contributed by atoms with E-state index in [2.05, 4.69) is 25.8 Å². The Balaban J connectivity index is 1.22. The maximum Gasteiger partial charge on any atom is 0.409 e. The van der Waals surface area contributed by atoms with Gasteiger partial charge in [-0.2, -0.15) is 5.11 Å². The number of hydrogen-bond donors (Lipinski definition) is 0. The van der Waals surface area contributed by atoms with Crippen LogP contribution >= 0.6 is 0 Å². The third-order valence-electron chi connectivity index (χ3n) is 7.48. The summed E-state index contributed by atoms with van der Waals surface area (Å²) in [6.07, 6.45) is 7.52. The fraction of sp³-hybridized carbons (Fsp3) is 0.640. The van der Waals surface area contributed by atoms with E-state index in [4.69, 9.17) is 14.5 Å². The summed E-state index contributed by atoms with van der Waals surface area (Å²) < 4.78 is 13.6. The first-order valence-corrected chi connectivity index (χ1v) is 12.8. The second kappa shape index (κ2) is 10.7. The number of nitrogens with zero attached hydrogens (tertiary/aromatic N) is 8. The first kappa shape index (κ1) is 24.3. The Hall–Kier alpha value is -3.37. The maximum absolute atomic E-state index is 12.5. The van der Waals surface area contributed by atoms with Gasteiger partial charge in [0, 0.05) is 26.6 Å². The summed E-state index contributed by atoms with van der Waals surface area (Å²) in [6, 6.07) is 3.83. The summed E-state index contributed by atoms with van der Waals surface area (Å²) in [7, 11) is 3.57. The van der Waals surface area contributed by atoms with Gasteiger partial charge in [-0.3, -0.25) is 0 Å². The fourth-order valence-corrected chi connectivity index (χ4v) is 5.09. The number of ether oxygens (including phenoxy) is 2. The molecule has 2 atom stereocenters. The van der Waals surface area contributed by atoms with Crippen LogP contribution < -0.4 is 4.74 Å². The van der Waals surface area contributed by atoms with E-state index in [1.54, 1.807) is 23.7 Å². The van der Waals surface area contributed by atoms with Crippen LogP contribution in [0.25, 0.3) is 11.4 Å². The van der Waals surface area contributed by atoms with Crippen LogP contribution in [0.4, 0.5) is 4.79 Å². The molecule has 0 aromatic carbocycles. The molecule has 1 aliphatic heterocycles. The Bertz CT molecular complexity index is 1160. The summed E-state index contributed by atoms with van der Waals surface area (Å²) >= 11 is 0. The number of hydrogen-bond acceptors (Lipinski definition) is 9. The molecule has 3 aliphatic rings. The van der Waals surface area contributed by atoms with E-state index in [0.717, 1.165) is 49.4 Å². The van der Waals surface area contributed by atoms with Gasteiger partial charge in [0.2, 0.25) is 0 Å². The van der Waals surface area contributed by atoms with E-state index < -0.39 is 0 Å². The van der Waals surface area contributed by atoms with Crippen molar-refractivity contribution in [3.05, 3.63) is 23.5 Å². The molecular formula is C25H34N8O3. The topological polar surface area (TPSA) is 119 Å². The lowest BCUT2D eigenvalue weighted by molar-refractivity contribution is 0.0913. The van der Waals surface area contributed by atoms with Crippen molar-refractivity contribution in [2.45, 2.75) is 64.6 Å². The van der Waals surface area contributed by atoms with Gasteiger partial charge in [0.1, 0.15) is 30.3 Å². The van der Waals surface area contributed by atoms with Gasteiger partial charge in [0.05, 0.1) is 23.2 Å². The van der Waals surface area contributed by atoms with Gasteiger partial charge in [0.25, 0.3) is 0 Å². The molecule has 2 saturated carbocycles. The van der Waals surface area contributed by atoms with Gasteiger partial charge in [-0.15, -0.1) is 10.2 Å². The number of rotatable bonds is 8. The SMILES string of the molecule is Cc1nc(-c2nnn(C)c2COC(=O)N(C)CC2CCC2)ccc1O[C@H]1CCC[C@H](C2=NN=NC2)C1. The molecule has 0 spiro atoms. The Morgan fingerprint density at radius 3 is 2.75 bits per heavy atom. The largest absolute Gasteiger partial charge is 0.489 e. The molecule has 0 N–H and O–H groups in total. The molecule has 36 heavy (non-hydrogen) atoms. The van der Waals surface area contributed by atoms with E-state index in [1.165, 1.54) is 19.3 Å². The number of carbonyl (C=O) groups is 1. The molecule has 5 rings (SSSR count). The molecule has 2 fully saturated rings. The van der Waals surface area contributed by atoms with Crippen molar-refractivity contribution >= 4 is 11.8 Å². The van der Waals surface area contributed by atoms with Crippen LogP contribution in [0.1, 0.15) is 56.3 Å². The zero-order chi connectivity index (χ0) is 25.1. The average Bonchev–Trinajstić information content (AvgIpc) is 3.51. The standard InChI is InChI=1S/C25H34N8O3/c1-16-23(36-19-9-5-8-18(12-19)21-13-26-30-28-21)11-10-20(27-16)24-22(33(3)31-29-24)15-35-25(34)32(2)14-17-6-4-7-17/h10-11,17-19H,4-9,12-15H2,1-3H3/t18-,19-/m0/s1. The monoisotopic (exact) mass is 494 g/mol. The highest BCUT2D eigenvalue weighted by Gasteiger charge is 2.29. The molecule has 11 heteroatoms. The molecule has 2 aromatic rings. The second-order valence-corrected chi connectivity index (χ2v) is 10.1. The zero-order valence-electron chi connectivity index (χ0n) is 21.3. The first-order valence-electron chi connectivity index (χ1n) is 12.8. The van der Waals surface area contributed by atoms with E-state index in [9.17, 15) is 4.79 Å². The van der Waals surface area contributed by atoms with Crippen molar-refractivity contribution in [1.82, 2.24) is 24.9 Å². The summed E-state index contributed by atoms with van der Waals surface area (Å²) in [5, 5.41) is 20.4. The number of carbonyl (C=O) groups excluding carboxylic acids is 1. The van der Waals surface area contributed by atoms with Gasteiger partial charge >= 0.3 is 6.09 Å². The molecule has 2 aromatic heterocycles. The smallest absolute Gasteiger partial charge is 0.409 e. The van der Waals surface area contributed by atoms with Crippen LogP contribution in [0.2, 0.25) is 0 Å². The molecule has 11 nitrogen and oxygen atoms in total. The zero-order valence-corrected chi connectivity index (χ0v) is 21.3. The molecule has 0 saturated heterocycles. The van der Waals surface area contributed by atoms with Crippen LogP contribution in [0, 0.1) is 18.8 Å². The van der Waals surface area contributed by atoms with Crippen LogP contribution in [-0.4, -0.2) is 62.9 Å². The minimum absolute atomic E-state index is 0.0809. The predicted molar refractivity (Wildman–Crippen MR) is 133 cm³/mol. The Kier molecular flexibility index (Phi) is 7.24. The molecule has 192 valence electrons. The number of amides is 1. The molecule has 0 bridgehead atoms. The third kappa shape index (κ3) is 5.39. The Labute approximate surface area is 211 Å². The first-order chi connectivity index (χ1) is 17.5. The average molecular weight is 495 g/mol. The fourth-order valence-electron chi connectivity index (χ4n) is 5.09.